The molecule has 2 heteroatoms. The van der Waals surface area contributed by atoms with Crippen LogP contribution in [-0.2, 0) is 5.41 Å². The van der Waals surface area contributed by atoms with Gasteiger partial charge in [0.15, 0.2) is 0 Å². The third-order valence-corrected chi connectivity index (χ3v) is 14.6. The average Bonchev–Trinajstić information content (AvgIpc) is 3.41. The SMILES string of the molecule is CC12CC=Cc3c(-c4cccc(N(c5ccc(-c6ccc(-c7cccc8ccccc78)cc6)cc5)c5ccccc5-c5cccc6cccc(-c7ccccc7)c56)c4)ccc(c31)Oc1ccccc12. The van der Waals surface area contributed by atoms with Crippen LogP contribution in [0, 0.1) is 0 Å². The average molecular weight is 882 g/mol. The molecule has 0 saturated carbocycles. The first-order chi connectivity index (χ1) is 34.1. The Morgan fingerprint density at radius 3 is 1.86 bits per heavy atom. The van der Waals surface area contributed by atoms with E-state index in [2.05, 4.69) is 267 Å². The van der Waals surface area contributed by atoms with E-state index in [1.54, 1.807) is 0 Å². The van der Waals surface area contributed by atoms with Gasteiger partial charge in [-0.2, -0.15) is 0 Å². The van der Waals surface area contributed by atoms with Gasteiger partial charge in [0.2, 0.25) is 0 Å². The minimum atomic E-state index is -0.193. The molecule has 1 heterocycles. The first-order valence-electron chi connectivity index (χ1n) is 24.0. The molecule has 0 N–H and O–H groups in total. The van der Waals surface area contributed by atoms with Crippen LogP contribution in [0.4, 0.5) is 17.1 Å². The van der Waals surface area contributed by atoms with E-state index in [1.807, 2.05) is 0 Å². The van der Waals surface area contributed by atoms with Crippen molar-refractivity contribution >= 4 is 44.7 Å². The third kappa shape index (κ3) is 6.87. The van der Waals surface area contributed by atoms with E-state index in [-0.39, 0.29) is 5.41 Å². The summed E-state index contributed by atoms with van der Waals surface area (Å²) in [6.45, 7) is 2.37. The number of benzene rings is 11. The van der Waals surface area contributed by atoms with Crippen molar-refractivity contribution in [2.75, 3.05) is 4.90 Å². The van der Waals surface area contributed by atoms with Gasteiger partial charge < -0.3 is 9.64 Å². The van der Waals surface area contributed by atoms with E-state index >= 15 is 0 Å². The molecule has 326 valence electrons. The van der Waals surface area contributed by atoms with Gasteiger partial charge in [-0.15, -0.1) is 0 Å². The number of para-hydroxylation sites is 2. The Morgan fingerprint density at radius 2 is 1.01 bits per heavy atom. The Bertz CT molecular complexity index is 3780. The summed E-state index contributed by atoms with van der Waals surface area (Å²) in [6, 6.07) is 88.4. The molecule has 0 amide bonds. The fraction of sp³-hybridized carbons (Fsp3) is 0.0448. The smallest absolute Gasteiger partial charge is 0.132 e. The molecule has 0 spiro atoms. The van der Waals surface area contributed by atoms with Crippen molar-refractivity contribution in [2.24, 2.45) is 0 Å². The Morgan fingerprint density at radius 1 is 0.406 bits per heavy atom. The van der Waals surface area contributed by atoms with E-state index in [1.165, 1.54) is 82.7 Å². The fourth-order valence-corrected chi connectivity index (χ4v) is 11.2. The largest absolute Gasteiger partial charge is 0.457 e. The maximum atomic E-state index is 6.62. The first-order valence-corrected chi connectivity index (χ1v) is 24.0. The number of nitrogens with zero attached hydrogens (tertiary/aromatic N) is 1. The molecule has 0 radical (unpaired) electrons. The monoisotopic (exact) mass is 881 g/mol. The van der Waals surface area contributed by atoms with Crippen molar-refractivity contribution in [1.82, 2.24) is 0 Å². The molecule has 0 bridgehead atoms. The molecular formula is C67H47NO. The van der Waals surface area contributed by atoms with Crippen molar-refractivity contribution in [3.63, 3.8) is 0 Å². The van der Waals surface area contributed by atoms with Gasteiger partial charge >= 0.3 is 0 Å². The van der Waals surface area contributed by atoms with Gasteiger partial charge in [-0.3, -0.25) is 0 Å². The van der Waals surface area contributed by atoms with Gasteiger partial charge in [-0.1, -0.05) is 219 Å². The van der Waals surface area contributed by atoms with Crippen LogP contribution in [0.2, 0.25) is 0 Å². The second kappa shape index (κ2) is 16.6. The summed E-state index contributed by atoms with van der Waals surface area (Å²) >= 11 is 0. The molecule has 1 unspecified atom stereocenters. The number of hydrogen-bond donors (Lipinski definition) is 0. The second-order valence-corrected chi connectivity index (χ2v) is 18.6. The van der Waals surface area contributed by atoms with E-state index < -0.39 is 0 Å². The van der Waals surface area contributed by atoms with Crippen molar-refractivity contribution in [3.8, 4) is 67.1 Å². The molecule has 0 fully saturated rings. The molecule has 69 heavy (non-hydrogen) atoms. The Kier molecular flexibility index (Phi) is 9.73. The Labute approximate surface area is 403 Å². The van der Waals surface area contributed by atoms with Gasteiger partial charge in [0.25, 0.3) is 0 Å². The maximum Gasteiger partial charge on any atom is 0.132 e. The van der Waals surface area contributed by atoms with E-state index in [0.717, 1.165) is 46.1 Å². The molecule has 0 saturated heterocycles. The lowest BCUT2D eigenvalue weighted by Gasteiger charge is -2.40. The minimum Gasteiger partial charge on any atom is -0.457 e. The highest BCUT2D eigenvalue weighted by molar-refractivity contribution is 6.09. The van der Waals surface area contributed by atoms with Crippen LogP contribution in [0.5, 0.6) is 11.5 Å². The van der Waals surface area contributed by atoms with Crippen LogP contribution in [0.1, 0.15) is 30.0 Å². The van der Waals surface area contributed by atoms with Crippen molar-refractivity contribution < 1.29 is 4.74 Å². The van der Waals surface area contributed by atoms with Crippen LogP contribution in [-0.4, -0.2) is 0 Å². The number of anilines is 3. The Balaban J connectivity index is 0.954. The molecule has 0 aromatic heterocycles. The highest BCUT2D eigenvalue weighted by Crippen LogP contribution is 2.55. The highest BCUT2D eigenvalue weighted by atomic mass is 16.5. The third-order valence-electron chi connectivity index (χ3n) is 14.6. The normalized spacial score (nSPS) is 14.5. The van der Waals surface area contributed by atoms with Gasteiger partial charge in [0.05, 0.1) is 5.69 Å². The number of allylic oxidation sites excluding steroid dienone is 1. The van der Waals surface area contributed by atoms with E-state index in [9.17, 15) is 0 Å². The lowest BCUT2D eigenvalue weighted by atomic mass is 9.67. The van der Waals surface area contributed by atoms with Gasteiger partial charge in [0, 0.05) is 33.5 Å². The summed E-state index contributed by atoms with van der Waals surface area (Å²) in [5.74, 6) is 1.89. The number of hydrogen-bond acceptors (Lipinski definition) is 2. The molecular weight excluding hydrogens is 835 g/mol. The predicted molar refractivity (Wildman–Crippen MR) is 290 cm³/mol. The quantitative estimate of drug-likeness (QED) is 0.151. The number of fused-ring (bicyclic) bond motifs is 4. The van der Waals surface area contributed by atoms with Crippen molar-refractivity contribution in [1.29, 1.82) is 0 Å². The summed E-state index contributed by atoms with van der Waals surface area (Å²) in [5, 5.41) is 4.96. The van der Waals surface area contributed by atoms with Gasteiger partial charge in [-0.05, 0) is 126 Å². The zero-order valence-corrected chi connectivity index (χ0v) is 38.3. The molecule has 11 aromatic rings. The molecule has 1 aliphatic carbocycles. The number of rotatable bonds is 8. The highest BCUT2D eigenvalue weighted by Gasteiger charge is 2.41. The maximum absolute atomic E-state index is 6.62. The molecule has 2 aliphatic rings. The van der Waals surface area contributed by atoms with E-state index in [0.29, 0.717) is 0 Å². The fourth-order valence-electron chi connectivity index (χ4n) is 11.2. The van der Waals surface area contributed by atoms with Crippen molar-refractivity contribution in [3.05, 3.63) is 265 Å². The molecule has 2 nitrogen and oxygen atoms in total. The Hall–Kier alpha value is -8.72. The summed E-state index contributed by atoms with van der Waals surface area (Å²) in [5.41, 5.74) is 18.7. The zero-order valence-electron chi connectivity index (χ0n) is 38.3. The standard InChI is InChI=1S/C67H47NO/c1-67-43-15-29-60-56(41-42-64(66(60)67)69-63-32-10-8-30-61(63)67)51-22-11-23-53(44-51)68(52-39-37-46(38-40-52)45-33-35-49(36-34-45)55-26-12-19-47-18-5-6-24-54(47)55)62-31-9-7-25-58(62)59-28-14-21-50-20-13-27-57(65(50)59)48-16-3-2-4-17-48/h2-42,44H,43H2,1H3. The van der Waals surface area contributed by atoms with Gasteiger partial charge in [0.1, 0.15) is 11.5 Å². The predicted octanol–water partition coefficient (Wildman–Crippen LogP) is 18.6. The lowest BCUT2D eigenvalue weighted by molar-refractivity contribution is 0.404. The number of ether oxygens (including phenoxy) is 1. The van der Waals surface area contributed by atoms with Crippen LogP contribution in [0.15, 0.2) is 249 Å². The molecule has 13 rings (SSSR count). The zero-order chi connectivity index (χ0) is 45.9. The van der Waals surface area contributed by atoms with Gasteiger partial charge in [-0.25, -0.2) is 0 Å². The van der Waals surface area contributed by atoms with Crippen LogP contribution < -0.4 is 9.64 Å². The van der Waals surface area contributed by atoms with Crippen LogP contribution >= 0.6 is 0 Å². The van der Waals surface area contributed by atoms with Crippen molar-refractivity contribution in [2.45, 2.75) is 18.8 Å². The second-order valence-electron chi connectivity index (χ2n) is 18.6. The summed E-state index contributed by atoms with van der Waals surface area (Å²) < 4.78 is 6.62. The molecule has 11 aromatic carbocycles. The summed E-state index contributed by atoms with van der Waals surface area (Å²) in [7, 11) is 0. The molecule has 1 atom stereocenters. The lowest BCUT2D eigenvalue weighted by Crippen LogP contribution is -2.30. The van der Waals surface area contributed by atoms with Crippen LogP contribution in [0.3, 0.4) is 0 Å². The molecule has 1 aliphatic heterocycles. The topological polar surface area (TPSA) is 12.5 Å². The summed E-state index contributed by atoms with van der Waals surface area (Å²) in [6.07, 6.45) is 5.58. The first kappa shape index (κ1) is 40.5. The van der Waals surface area contributed by atoms with Crippen LogP contribution in [0.25, 0.3) is 83.3 Å². The van der Waals surface area contributed by atoms with E-state index in [4.69, 9.17) is 4.74 Å². The minimum absolute atomic E-state index is 0.193. The summed E-state index contributed by atoms with van der Waals surface area (Å²) in [4.78, 5) is 2.44.